The zero-order chi connectivity index (χ0) is 11.8. The van der Waals surface area contributed by atoms with Crippen LogP contribution in [0.2, 0.25) is 0 Å². The highest BCUT2D eigenvalue weighted by atomic mass is 16.3. The van der Waals surface area contributed by atoms with Crippen molar-refractivity contribution in [3.05, 3.63) is 0 Å². The van der Waals surface area contributed by atoms with Gasteiger partial charge in [-0.1, -0.05) is 20.8 Å². The lowest BCUT2D eigenvalue weighted by atomic mass is 10.0. The summed E-state index contributed by atoms with van der Waals surface area (Å²) in [6.45, 7) is 6.79. The van der Waals surface area contributed by atoms with Gasteiger partial charge in [0.1, 0.15) is 0 Å². The van der Waals surface area contributed by atoms with Gasteiger partial charge in [-0.3, -0.25) is 4.79 Å². The molecule has 2 atom stereocenters. The van der Waals surface area contributed by atoms with Crippen molar-refractivity contribution in [3.63, 3.8) is 0 Å². The summed E-state index contributed by atoms with van der Waals surface area (Å²) in [6, 6.07) is 0. The summed E-state index contributed by atoms with van der Waals surface area (Å²) >= 11 is 0. The van der Waals surface area contributed by atoms with Crippen LogP contribution in [0.25, 0.3) is 0 Å². The average Bonchev–Trinajstić information content (AvgIpc) is 2.13. The molecular formula is C11H24N2O2. The summed E-state index contributed by atoms with van der Waals surface area (Å²) in [7, 11) is 0. The molecule has 0 heterocycles. The highest BCUT2D eigenvalue weighted by Crippen LogP contribution is 2.04. The number of amides is 1. The lowest BCUT2D eigenvalue weighted by molar-refractivity contribution is -0.125. The van der Waals surface area contributed by atoms with Gasteiger partial charge in [-0.05, 0) is 25.3 Å². The van der Waals surface area contributed by atoms with Crippen molar-refractivity contribution >= 4 is 5.91 Å². The fraction of sp³-hybridized carbons (Fsp3) is 0.909. The van der Waals surface area contributed by atoms with Crippen LogP contribution in [0, 0.1) is 11.8 Å². The monoisotopic (exact) mass is 216 g/mol. The molecule has 4 N–H and O–H groups in total. The Bertz CT molecular complexity index is 183. The third-order valence-electron chi connectivity index (χ3n) is 2.30. The smallest absolute Gasteiger partial charge is 0.222 e. The molecule has 0 bridgehead atoms. The van der Waals surface area contributed by atoms with Crippen molar-refractivity contribution in [1.29, 1.82) is 0 Å². The van der Waals surface area contributed by atoms with Gasteiger partial charge >= 0.3 is 0 Å². The maximum Gasteiger partial charge on any atom is 0.222 e. The van der Waals surface area contributed by atoms with Crippen molar-refractivity contribution in [2.24, 2.45) is 17.6 Å². The Kier molecular flexibility index (Phi) is 7.34. The SMILES string of the molecule is CC(C)CC(O)CNC(=O)C(C)CCN. The molecule has 0 fully saturated rings. The zero-order valence-electron chi connectivity index (χ0n) is 9.99. The molecule has 4 heteroatoms. The second-order valence-electron chi connectivity index (χ2n) is 4.51. The minimum absolute atomic E-state index is 0.0248. The van der Waals surface area contributed by atoms with E-state index in [1.54, 1.807) is 0 Å². The van der Waals surface area contributed by atoms with Gasteiger partial charge < -0.3 is 16.2 Å². The number of carbonyl (C=O) groups is 1. The van der Waals surface area contributed by atoms with Crippen LogP contribution in [-0.4, -0.2) is 30.2 Å². The second-order valence-corrected chi connectivity index (χ2v) is 4.51. The summed E-state index contributed by atoms with van der Waals surface area (Å²) in [6.07, 6.45) is 0.955. The molecule has 15 heavy (non-hydrogen) atoms. The van der Waals surface area contributed by atoms with Crippen molar-refractivity contribution in [2.75, 3.05) is 13.1 Å². The predicted molar refractivity (Wildman–Crippen MR) is 61.3 cm³/mol. The molecule has 0 aliphatic carbocycles. The van der Waals surface area contributed by atoms with E-state index in [1.807, 2.05) is 20.8 Å². The number of hydrogen-bond donors (Lipinski definition) is 3. The first-order chi connectivity index (χ1) is 6.97. The predicted octanol–water partition coefficient (Wildman–Crippen LogP) is 0.495. The van der Waals surface area contributed by atoms with E-state index in [4.69, 9.17) is 5.73 Å². The third-order valence-corrected chi connectivity index (χ3v) is 2.30. The normalized spacial score (nSPS) is 15.1. The fourth-order valence-corrected chi connectivity index (χ4v) is 1.40. The molecule has 0 aliphatic rings. The van der Waals surface area contributed by atoms with Gasteiger partial charge in [0.2, 0.25) is 5.91 Å². The Morgan fingerprint density at radius 1 is 1.40 bits per heavy atom. The number of nitrogens with one attached hydrogen (secondary N) is 1. The van der Waals surface area contributed by atoms with E-state index in [0.717, 1.165) is 0 Å². The van der Waals surface area contributed by atoms with Crippen LogP contribution in [0.1, 0.15) is 33.6 Å². The average molecular weight is 216 g/mol. The Morgan fingerprint density at radius 3 is 2.47 bits per heavy atom. The van der Waals surface area contributed by atoms with Crippen LogP contribution in [0.5, 0.6) is 0 Å². The maximum atomic E-state index is 11.4. The topological polar surface area (TPSA) is 75.3 Å². The Morgan fingerprint density at radius 2 is 2.00 bits per heavy atom. The standard InChI is InChI=1S/C11H24N2O2/c1-8(2)6-10(14)7-13-11(15)9(3)4-5-12/h8-10,14H,4-7,12H2,1-3H3,(H,13,15). The number of aliphatic hydroxyl groups excluding tert-OH is 1. The Labute approximate surface area is 92.2 Å². The van der Waals surface area contributed by atoms with Crippen LogP contribution in [0.15, 0.2) is 0 Å². The minimum atomic E-state index is -0.445. The van der Waals surface area contributed by atoms with Crippen LogP contribution < -0.4 is 11.1 Å². The fourth-order valence-electron chi connectivity index (χ4n) is 1.40. The van der Waals surface area contributed by atoms with Gasteiger partial charge in [-0.25, -0.2) is 0 Å². The zero-order valence-corrected chi connectivity index (χ0v) is 9.99. The summed E-state index contributed by atoms with van der Waals surface area (Å²) in [5, 5.41) is 12.3. The first-order valence-electron chi connectivity index (χ1n) is 5.63. The van der Waals surface area contributed by atoms with Gasteiger partial charge in [0, 0.05) is 12.5 Å². The van der Waals surface area contributed by atoms with Gasteiger partial charge in [0.05, 0.1) is 6.10 Å². The number of hydrogen-bond acceptors (Lipinski definition) is 3. The number of carbonyl (C=O) groups excluding carboxylic acids is 1. The quantitative estimate of drug-likeness (QED) is 0.580. The third kappa shape index (κ3) is 7.33. The lowest BCUT2D eigenvalue weighted by Crippen LogP contribution is -2.36. The number of aliphatic hydroxyl groups is 1. The Hall–Kier alpha value is -0.610. The van der Waals surface area contributed by atoms with E-state index >= 15 is 0 Å². The van der Waals surface area contributed by atoms with E-state index in [1.165, 1.54) is 0 Å². The van der Waals surface area contributed by atoms with Crippen molar-refractivity contribution in [3.8, 4) is 0 Å². The second kappa shape index (κ2) is 7.65. The molecule has 0 aromatic carbocycles. The van der Waals surface area contributed by atoms with Gasteiger partial charge in [0.15, 0.2) is 0 Å². The summed E-state index contributed by atoms with van der Waals surface area (Å²) < 4.78 is 0. The van der Waals surface area contributed by atoms with Gasteiger partial charge in [-0.15, -0.1) is 0 Å². The molecular weight excluding hydrogens is 192 g/mol. The molecule has 4 nitrogen and oxygen atoms in total. The van der Waals surface area contributed by atoms with Crippen molar-refractivity contribution in [1.82, 2.24) is 5.32 Å². The molecule has 0 aromatic rings. The van der Waals surface area contributed by atoms with E-state index in [2.05, 4.69) is 5.32 Å². The molecule has 2 unspecified atom stereocenters. The molecule has 1 amide bonds. The molecule has 0 saturated carbocycles. The maximum absolute atomic E-state index is 11.4. The number of nitrogens with two attached hydrogens (primary N) is 1. The van der Waals surface area contributed by atoms with Gasteiger partial charge in [0.25, 0.3) is 0 Å². The summed E-state index contributed by atoms with van der Waals surface area (Å²) in [5.41, 5.74) is 5.36. The first kappa shape index (κ1) is 14.4. The highest BCUT2D eigenvalue weighted by Gasteiger charge is 2.13. The largest absolute Gasteiger partial charge is 0.391 e. The highest BCUT2D eigenvalue weighted by molar-refractivity contribution is 5.78. The van der Waals surface area contributed by atoms with E-state index < -0.39 is 6.10 Å². The van der Waals surface area contributed by atoms with Crippen molar-refractivity contribution in [2.45, 2.75) is 39.7 Å². The molecule has 0 rings (SSSR count). The van der Waals surface area contributed by atoms with E-state index in [9.17, 15) is 9.90 Å². The van der Waals surface area contributed by atoms with E-state index in [0.29, 0.717) is 31.8 Å². The van der Waals surface area contributed by atoms with E-state index in [-0.39, 0.29) is 11.8 Å². The Balaban J connectivity index is 3.70. The van der Waals surface area contributed by atoms with Crippen LogP contribution in [0.4, 0.5) is 0 Å². The van der Waals surface area contributed by atoms with Gasteiger partial charge in [-0.2, -0.15) is 0 Å². The van der Waals surface area contributed by atoms with Crippen LogP contribution >= 0.6 is 0 Å². The molecule has 0 radical (unpaired) electrons. The molecule has 0 aliphatic heterocycles. The number of rotatable bonds is 7. The minimum Gasteiger partial charge on any atom is -0.391 e. The lowest BCUT2D eigenvalue weighted by Gasteiger charge is -2.16. The van der Waals surface area contributed by atoms with Crippen molar-refractivity contribution < 1.29 is 9.90 Å². The summed E-state index contributed by atoms with van der Waals surface area (Å²) in [5.74, 6) is 0.350. The first-order valence-corrected chi connectivity index (χ1v) is 5.63. The van der Waals surface area contributed by atoms with Crippen LogP contribution in [-0.2, 0) is 4.79 Å². The molecule has 0 saturated heterocycles. The molecule has 90 valence electrons. The summed E-state index contributed by atoms with van der Waals surface area (Å²) in [4.78, 5) is 11.4. The molecule has 0 spiro atoms. The molecule has 0 aromatic heterocycles. The van der Waals surface area contributed by atoms with Crippen LogP contribution in [0.3, 0.4) is 0 Å².